The predicted molar refractivity (Wildman–Crippen MR) is 87.9 cm³/mol. The number of hydrogen-bond acceptors (Lipinski definition) is 5. The molecule has 0 amide bonds. The van der Waals surface area contributed by atoms with Crippen molar-refractivity contribution in [3.8, 4) is 11.5 Å². The first kappa shape index (κ1) is 13.9. The van der Waals surface area contributed by atoms with Gasteiger partial charge in [0, 0.05) is 36.3 Å². The molecule has 1 atom stereocenters. The molecule has 1 fully saturated rings. The second-order valence-corrected chi connectivity index (χ2v) is 5.79. The molecule has 0 saturated carbocycles. The maximum absolute atomic E-state index is 4.77. The van der Waals surface area contributed by atoms with Gasteiger partial charge in [-0.1, -0.05) is 6.07 Å². The molecule has 0 spiro atoms. The van der Waals surface area contributed by atoms with E-state index in [2.05, 4.69) is 25.1 Å². The second-order valence-electron chi connectivity index (χ2n) is 5.79. The van der Waals surface area contributed by atoms with Crippen molar-refractivity contribution in [2.45, 2.75) is 25.8 Å². The lowest BCUT2D eigenvalue weighted by atomic mass is 10.1. The van der Waals surface area contributed by atoms with Gasteiger partial charge in [0.05, 0.1) is 12.2 Å². The first-order valence-electron chi connectivity index (χ1n) is 7.84. The fourth-order valence-electron chi connectivity index (χ4n) is 3.14. The Labute approximate surface area is 134 Å². The molecular weight excluding hydrogens is 288 g/mol. The van der Waals surface area contributed by atoms with Crippen LogP contribution in [0.15, 0.2) is 42.9 Å². The number of anilines is 1. The average Bonchev–Trinajstić information content (AvgIpc) is 3.26. The van der Waals surface area contributed by atoms with Crippen molar-refractivity contribution in [1.29, 1.82) is 0 Å². The summed E-state index contributed by atoms with van der Waals surface area (Å²) in [6.45, 7) is 2.99. The monoisotopic (exact) mass is 306 g/mol. The third kappa shape index (κ3) is 2.67. The smallest absolute Gasteiger partial charge is 0.180 e. The van der Waals surface area contributed by atoms with Crippen LogP contribution in [0.2, 0.25) is 0 Å². The molecule has 6 nitrogen and oxygen atoms in total. The number of hydrogen-bond donors (Lipinski definition) is 1. The molecule has 1 saturated heterocycles. The van der Waals surface area contributed by atoms with Gasteiger partial charge in [-0.2, -0.15) is 5.10 Å². The SMILES string of the molecule is Cc1cc(N2CCCC2c2cn[nH]c2)nc(-c2ccccn2)n1. The molecule has 23 heavy (non-hydrogen) atoms. The predicted octanol–water partition coefficient (Wildman–Crippen LogP) is 2.91. The number of rotatable bonds is 3. The van der Waals surface area contributed by atoms with Crippen molar-refractivity contribution in [3.63, 3.8) is 0 Å². The Bertz CT molecular complexity index is 784. The van der Waals surface area contributed by atoms with E-state index < -0.39 is 0 Å². The van der Waals surface area contributed by atoms with Crippen LogP contribution in [0.3, 0.4) is 0 Å². The summed E-state index contributed by atoms with van der Waals surface area (Å²) in [7, 11) is 0. The van der Waals surface area contributed by atoms with Crippen molar-refractivity contribution in [2.75, 3.05) is 11.4 Å². The normalized spacial score (nSPS) is 17.6. The Hall–Kier alpha value is -2.76. The first-order chi connectivity index (χ1) is 11.3. The van der Waals surface area contributed by atoms with E-state index in [9.17, 15) is 0 Å². The van der Waals surface area contributed by atoms with Crippen molar-refractivity contribution >= 4 is 5.82 Å². The summed E-state index contributed by atoms with van der Waals surface area (Å²) in [5, 5.41) is 6.99. The molecule has 0 bridgehead atoms. The third-order valence-electron chi connectivity index (χ3n) is 4.19. The fourth-order valence-corrected chi connectivity index (χ4v) is 3.14. The molecular formula is C17H18N6. The third-order valence-corrected chi connectivity index (χ3v) is 4.19. The molecule has 1 aliphatic heterocycles. The van der Waals surface area contributed by atoms with Gasteiger partial charge in [-0.15, -0.1) is 0 Å². The highest BCUT2D eigenvalue weighted by atomic mass is 15.2. The van der Waals surface area contributed by atoms with Crippen molar-refractivity contribution in [2.24, 2.45) is 0 Å². The van der Waals surface area contributed by atoms with Crippen molar-refractivity contribution < 1.29 is 0 Å². The summed E-state index contributed by atoms with van der Waals surface area (Å²) in [5.41, 5.74) is 2.96. The summed E-state index contributed by atoms with van der Waals surface area (Å²) >= 11 is 0. The summed E-state index contributed by atoms with van der Waals surface area (Å²) in [6.07, 6.45) is 7.90. The highest BCUT2D eigenvalue weighted by Crippen LogP contribution is 2.35. The minimum absolute atomic E-state index is 0.319. The quantitative estimate of drug-likeness (QED) is 0.805. The molecule has 3 aromatic rings. The molecule has 4 heterocycles. The number of aromatic amines is 1. The number of aryl methyl sites for hydroxylation is 1. The van der Waals surface area contributed by atoms with Gasteiger partial charge in [0.1, 0.15) is 11.5 Å². The highest BCUT2D eigenvalue weighted by Gasteiger charge is 2.28. The van der Waals surface area contributed by atoms with Gasteiger partial charge in [-0.25, -0.2) is 9.97 Å². The Morgan fingerprint density at radius 3 is 3.00 bits per heavy atom. The van der Waals surface area contributed by atoms with Crippen LogP contribution in [0.4, 0.5) is 5.82 Å². The van der Waals surface area contributed by atoms with Crippen LogP contribution in [0, 0.1) is 6.92 Å². The molecule has 0 radical (unpaired) electrons. The molecule has 0 aliphatic carbocycles. The molecule has 1 aliphatic rings. The van der Waals surface area contributed by atoms with Crippen LogP contribution in [0.1, 0.15) is 30.1 Å². The minimum Gasteiger partial charge on any atom is -0.349 e. The van der Waals surface area contributed by atoms with Gasteiger partial charge < -0.3 is 4.90 Å². The summed E-state index contributed by atoms with van der Waals surface area (Å²) in [4.78, 5) is 16.0. The Balaban J connectivity index is 1.73. The molecule has 0 aromatic carbocycles. The fraction of sp³-hybridized carbons (Fsp3) is 0.294. The van der Waals surface area contributed by atoms with Gasteiger partial charge >= 0.3 is 0 Å². The van der Waals surface area contributed by atoms with Gasteiger partial charge in [0.15, 0.2) is 5.82 Å². The van der Waals surface area contributed by atoms with E-state index >= 15 is 0 Å². The number of nitrogens with zero attached hydrogens (tertiary/aromatic N) is 5. The summed E-state index contributed by atoms with van der Waals surface area (Å²) in [5.74, 6) is 1.64. The Kier molecular flexibility index (Phi) is 3.49. The van der Waals surface area contributed by atoms with E-state index in [1.165, 1.54) is 5.56 Å². The molecule has 3 aromatic heterocycles. The van der Waals surface area contributed by atoms with E-state index in [1.54, 1.807) is 6.20 Å². The van der Waals surface area contributed by atoms with Crippen LogP contribution in [0.5, 0.6) is 0 Å². The van der Waals surface area contributed by atoms with Crippen LogP contribution >= 0.6 is 0 Å². The molecule has 6 heteroatoms. The number of aromatic nitrogens is 5. The zero-order chi connectivity index (χ0) is 15.6. The van der Waals surface area contributed by atoms with E-state index in [1.807, 2.05) is 43.6 Å². The number of nitrogens with one attached hydrogen (secondary N) is 1. The maximum Gasteiger partial charge on any atom is 0.180 e. The summed E-state index contributed by atoms with van der Waals surface area (Å²) in [6, 6.07) is 8.16. The van der Waals surface area contributed by atoms with E-state index in [-0.39, 0.29) is 0 Å². The van der Waals surface area contributed by atoms with Crippen LogP contribution in [0.25, 0.3) is 11.5 Å². The van der Waals surface area contributed by atoms with Gasteiger partial charge in [-0.05, 0) is 31.9 Å². The zero-order valence-electron chi connectivity index (χ0n) is 13.0. The lowest BCUT2D eigenvalue weighted by Crippen LogP contribution is -2.23. The van der Waals surface area contributed by atoms with Crippen LogP contribution in [-0.2, 0) is 0 Å². The maximum atomic E-state index is 4.77. The topological polar surface area (TPSA) is 70.6 Å². The minimum atomic E-state index is 0.319. The Morgan fingerprint density at radius 2 is 2.22 bits per heavy atom. The standard InChI is InChI=1S/C17H18N6/c1-12-9-16(22-17(21-12)14-5-2-3-7-18-14)23-8-4-6-15(23)13-10-19-20-11-13/h2-3,5,7,9-11,15H,4,6,8H2,1H3,(H,19,20). The summed E-state index contributed by atoms with van der Waals surface area (Å²) < 4.78 is 0. The van der Waals surface area contributed by atoms with Crippen LogP contribution in [-0.4, -0.2) is 31.7 Å². The number of pyridine rings is 1. The molecule has 4 rings (SSSR count). The first-order valence-corrected chi connectivity index (χ1v) is 7.84. The lowest BCUT2D eigenvalue weighted by Gasteiger charge is -2.25. The Morgan fingerprint density at radius 1 is 1.26 bits per heavy atom. The van der Waals surface area contributed by atoms with Crippen molar-refractivity contribution in [3.05, 3.63) is 54.1 Å². The average molecular weight is 306 g/mol. The van der Waals surface area contributed by atoms with Gasteiger partial charge in [-0.3, -0.25) is 10.1 Å². The van der Waals surface area contributed by atoms with E-state index in [4.69, 9.17) is 4.98 Å². The number of H-pyrrole nitrogens is 1. The lowest BCUT2D eigenvalue weighted by molar-refractivity contribution is 0.711. The van der Waals surface area contributed by atoms with Crippen LogP contribution < -0.4 is 4.90 Å². The molecule has 1 N–H and O–H groups in total. The van der Waals surface area contributed by atoms with Crippen molar-refractivity contribution in [1.82, 2.24) is 25.1 Å². The van der Waals surface area contributed by atoms with Gasteiger partial charge in [0.2, 0.25) is 0 Å². The van der Waals surface area contributed by atoms with E-state index in [0.717, 1.165) is 36.6 Å². The second kappa shape index (κ2) is 5.79. The zero-order valence-corrected chi connectivity index (χ0v) is 13.0. The van der Waals surface area contributed by atoms with E-state index in [0.29, 0.717) is 11.9 Å². The largest absolute Gasteiger partial charge is 0.349 e. The molecule has 116 valence electrons. The highest BCUT2D eigenvalue weighted by molar-refractivity contribution is 5.54. The van der Waals surface area contributed by atoms with Gasteiger partial charge in [0.25, 0.3) is 0 Å². The molecule has 1 unspecified atom stereocenters.